The Morgan fingerprint density at radius 1 is 1.10 bits per heavy atom. The number of rotatable bonds is 7. The van der Waals surface area contributed by atoms with E-state index in [2.05, 4.69) is 76.9 Å². The van der Waals surface area contributed by atoms with Crippen LogP contribution >= 0.6 is 24.0 Å². The molecule has 2 aromatic rings. The number of nitrogens with zero attached hydrogens (tertiary/aromatic N) is 2. The molecule has 0 saturated heterocycles. The minimum Gasteiger partial charge on any atom is -0.489 e. The van der Waals surface area contributed by atoms with E-state index >= 15 is 0 Å². The average Bonchev–Trinajstić information content (AvgIpc) is 3.23. The number of aliphatic imine (C=N–C) groups is 1. The average molecular weight is 506 g/mol. The van der Waals surface area contributed by atoms with Crippen molar-refractivity contribution in [2.75, 3.05) is 31.6 Å². The van der Waals surface area contributed by atoms with Crippen LogP contribution in [0.3, 0.4) is 0 Å². The van der Waals surface area contributed by atoms with Gasteiger partial charge in [-0.2, -0.15) is 0 Å². The smallest absolute Gasteiger partial charge is 0.191 e. The number of nitrogens with one attached hydrogen (secondary N) is 2. The lowest BCUT2D eigenvalue weighted by molar-refractivity contribution is 0.223. The second kappa shape index (κ2) is 11.7. The molecule has 0 aromatic heterocycles. The van der Waals surface area contributed by atoms with Crippen LogP contribution in [0.5, 0.6) is 5.75 Å². The molecular weight excluding hydrogens is 475 g/mol. The van der Waals surface area contributed by atoms with Crippen LogP contribution in [0.4, 0.5) is 5.69 Å². The van der Waals surface area contributed by atoms with E-state index in [0.717, 1.165) is 31.3 Å². The van der Waals surface area contributed by atoms with E-state index in [-0.39, 0.29) is 30.1 Å². The van der Waals surface area contributed by atoms with E-state index in [1.165, 1.54) is 16.8 Å². The molecule has 0 saturated carbocycles. The van der Waals surface area contributed by atoms with Crippen molar-refractivity contribution in [2.24, 2.45) is 4.99 Å². The first kappa shape index (κ1) is 23.1. The molecule has 2 N–H and O–H groups in total. The fourth-order valence-electron chi connectivity index (χ4n) is 3.16. The number of benzene rings is 2. The van der Waals surface area contributed by atoms with Crippen LogP contribution in [0, 0.1) is 6.92 Å². The van der Waals surface area contributed by atoms with Crippen LogP contribution in [0.25, 0.3) is 0 Å². The van der Waals surface area contributed by atoms with Crippen molar-refractivity contribution in [2.45, 2.75) is 26.5 Å². The van der Waals surface area contributed by atoms with Crippen LogP contribution in [0.2, 0.25) is 0 Å². The highest BCUT2D eigenvalue weighted by atomic mass is 127. The normalized spacial score (nSPS) is 14.3. The highest BCUT2D eigenvalue weighted by Gasteiger charge is 2.09. The lowest BCUT2D eigenvalue weighted by atomic mass is 10.2. The predicted molar refractivity (Wildman–Crippen MR) is 133 cm³/mol. The molecule has 0 spiro atoms. The summed E-state index contributed by atoms with van der Waals surface area (Å²) in [4.78, 5) is 6.66. The Kier molecular flexibility index (Phi) is 9.31. The van der Waals surface area contributed by atoms with E-state index in [1.54, 1.807) is 7.05 Å². The minimum absolute atomic E-state index is 0. The number of ether oxygens (including phenoxy) is 1. The molecule has 1 aliphatic rings. The zero-order valence-electron chi connectivity index (χ0n) is 17.4. The summed E-state index contributed by atoms with van der Waals surface area (Å²) in [5.41, 5.74) is 3.69. The van der Waals surface area contributed by atoms with E-state index in [1.807, 2.05) is 18.2 Å². The summed E-state index contributed by atoms with van der Waals surface area (Å²) in [6.07, 6.45) is 4.44. The van der Waals surface area contributed by atoms with Crippen molar-refractivity contribution in [3.8, 4) is 5.75 Å². The molecule has 5 nitrogen and oxygen atoms in total. The zero-order chi connectivity index (χ0) is 19.8. The highest BCUT2D eigenvalue weighted by Crippen LogP contribution is 2.18. The van der Waals surface area contributed by atoms with Crippen molar-refractivity contribution in [3.63, 3.8) is 0 Å². The second-order valence-electron chi connectivity index (χ2n) is 7.10. The Morgan fingerprint density at radius 2 is 1.86 bits per heavy atom. The fourth-order valence-corrected chi connectivity index (χ4v) is 3.16. The second-order valence-corrected chi connectivity index (χ2v) is 7.10. The molecule has 156 valence electrons. The van der Waals surface area contributed by atoms with Crippen molar-refractivity contribution in [1.29, 1.82) is 0 Å². The van der Waals surface area contributed by atoms with Gasteiger partial charge >= 0.3 is 0 Å². The van der Waals surface area contributed by atoms with Crippen LogP contribution in [-0.4, -0.2) is 38.7 Å². The molecule has 1 unspecified atom stereocenters. The Balaban J connectivity index is 0.00000300. The van der Waals surface area contributed by atoms with E-state index in [4.69, 9.17) is 4.74 Å². The Bertz CT molecular complexity index is 829. The molecule has 0 bridgehead atoms. The first-order valence-corrected chi connectivity index (χ1v) is 9.81. The molecule has 0 amide bonds. The highest BCUT2D eigenvalue weighted by molar-refractivity contribution is 14.0. The largest absolute Gasteiger partial charge is 0.489 e. The van der Waals surface area contributed by atoms with Gasteiger partial charge in [-0.25, -0.2) is 0 Å². The molecule has 1 aliphatic heterocycles. The molecule has 1 atom stereocenters. The Hall–Kier alpha value is -2.22. The van der Waals surface area contributed by atoms with Gasteiger partial charge in [-0.3, -0.25) is 4.99 Å². The summed E-state index contributed by atoms with van der Waals surface area (Å²) < 4.78 is 5.97. The van der Waals surface area contributed by atoms with Crippen molar-refractivity contribution >= 4 is 35.6 Å². The van der Waals surface area contributed by atoms with E-state index in [0.29, 0.717) is 6.54 Å². The van der Waals surface area contributed by atoms with Gasteiger partial charge in [-0.15, -0.1) is 24.0 Å². The van der Waals surface area contributed by atoms with Gasteiger partial charge in [0.05, 0.1) is 6.54 Å². The zero-order valence-corrected chi connectivity index (χ0v) is 19.7. The van der Waals surface area contributed by atoms with E-state index < -0.39 is 0 Å². The Labute approximate surface area is 191 Å². The van der Waals surface area contributed by atoms with E-state index in [9.17, 15) is 0 Å². The molecule has 0 fully saturated rings. The molecular formula is C23H31IN4O. The van der Waals surface area contributed by atoms with Crippen molar-refractivity contribution < 1.29 is 4.74 Å². The van der Waals surface area contributed by atoms with Crippen molar-refractivity contribution in [1.82, 2.24) is 10.6 Å². The Morgan fingerprint density at radius 3 is 2.59 bits per heavy atom. The summed E-state index contributed by atoms with van der Waals surface area (Å²) in [7, 11) is 1.79. The maximum Gasteiger partial charge on any atom is 0.191 e. The molecule has 6 heteroatoms. The van der Waals surface area contributed by atoms with Gasteiger partial charge in [0.1, 0.15) is 11.9 Å². The third-order valence-electron chi connectivity index (χ3n) is 4.66. The maximum absolute atomic E-state index is 5.97. The number of hydrogen-bond acceptors (Lipinski definition) is 3. The molecule has 0 radical (unpaired) electrons. The topological polar surface area (TPSA) is 48.9 Å². The summed E-state index contributed by atoms with van der Waals surface area (Å²) >= 11 is 0. The van der Waals surface area contributed by atoms with Crippen LogP contribution in [0.15, 0.2) is 65.7 Å². The number of guanidine groups is 1. The lowest BCUT2D eigenvalue weighted by Crippen LogP contribution is -2.41. The molecule has 1 heterocycles. The maximum atomic E-state index is 5.97. The summed E-state index contributed by atoms with van der Waals surface area (Å²) in [6.45, 7) is 7.49. The van der Waals surface area contributed by atoms with Crippen LogP contribution in [-0.2, 0) is 6.54 Å². The monoisotopic (exact) mass is 506 g/mol. The van der Waals surface area contributed by atoms with Gasteiger partial charge in [0, 0.05) is 32.4 Å². The molecule has 2 aromatic carbocycles. The van der Waals surface area contributed by atoms with Gasteiger partial charge < -0.3 is 20.3 Å². The van der Waals surface area contributed by atoms with Gasteiger partial charge in [0.15, 0.2) is 5.96 Å². The first-order valence-electron chi connectivity index (χ1n) is 9.81. The standard InChI is InChI=1S/C23H30N4O.HI/c1-18-8-6-11-22(14-18)28-19(2)16-25-23(24-3)26-17-20-9-7-10-21(15-20)27-12-4-5-13-27;/h4-11,14-15,19H,12-13,16-17H2,1-3H3,(H2,24,25,26);1H. The lowest BCUT2D eigenvalue weighted by Gasteiger charge is -2.20. The fraction of sp³-hybridized carbons (Fsp3) is 0.348. The van der Waals surface area contributed by atoms with Gasteiger partial charge in [0.25, 0.3) is 0 Å². The van der Waals surface area contributed by atoms with Gasteiger partial charge in [0.2, 0.25) is 0 Å². The van der Waals surface area contributed by atoms with Crippen molar-refractivity contribution in [3.05, 3.63) is 71.8 Å². The van der Waals surface area contributed by atoms with Crippen LogP contribution < -0.4 is 20.3 Å². The first-order chi connectivity index (χ1) is 13.6. The molecule has 3 rings (SSSR count). The van der Waals surface area contributed by atoms with Crippen LogP contribution in [0.1, 0.15) is 18.1 Å². The van der Waals surface area contributed by atoms with Gasteiger partial charge in [-0.1, -0.05) is 36.4 Å². The molecule has 0 aliphatic carbocycles. The van der Waals surface area contributed by atoms with Gasteiger partial charge in [-0.05, 0) is 49.2 Å². The SMILES string of the molecule is CN=C(NCc1cccc(N2CC=CC2)c1)NCC(C)Oc1cccc(C)c1.I. The quantitative estimate of drug-likeness (QED) is 0.257. The minimum atomic E-state index is 0. The number of aryl methyl sites for hydroxylation is 1. The predicted octanol–water partition coefficient (Wildman–Crippen LogP) is 4.12. The molecule has 29 heavy (non-hydrogen) atoms. The number of halogens is 1. The third kappa shape index (κ3) is 7.27. The number of anilines is 1. The number of hydrogen-bond donors (Lipinski definition) is 2. The summed E-state index contributed by atoms with van der Waals surface area (Å²) in [6, 6.07) is 16.8. The third-order valence-corrected chi connectivity index (χ3v) is 4.66. The summed E-state index contributed by atoms with van der Waals surface area (Å²) in [5, 5.41) is 6.72. The summed E-state index contributed by atoms with van der Waals surface area (Å²) in [5.74, 6) is 1.67.